The first-order valence-electron chi connectivity index (χ1n) is 9.38. The Kier molecular flexibility index (Phi) is 4.69. The van der Waals surface area contributed by atoms with Gasteiger partial charge in [0.05, 0.1) is 11.4 Å². The van der Waals surface area contributed by atoms with Gasteiger partial charge in [0.25, 0.3) is 5.56 Å². The van der Waals surface area contributed by atoms with Crippen molar-refractivity contribution in [2.24, 2.45) is 4.99 Å². The predicted octanol–water partition coefficient (Wildman–Crippen LogP) is 2.57. The van der Waals surface area contributed by atoms with E-state index < -0.39 is 0 Å². The fourth-order valence-corrected chi connectivity index (χ4v) is 3.59. The van der Waals surface area contributed by atoms with E-state index in [1.165, 1.54) is 5.56 Å². The lowest BCUT2D eigenvalue weighted by Crippen LogP contribution is -2.42. The van der Waals surface area contributed by atoms with E-state index in [0.29, 0.717) is 16.7 Å². The predicted molar refractivity (Wildman–Crippen MR) is 113 cm³/mol. The molecule has 0 fully saturated rings. The van der Waals surface area contributed by atoms with Crippen molar-refractivity contribution in [2.75, 3.05) is 23.8 Å². The Hall–Kier alpha value is -3.41. The molecule has 3 aromatic rings. The van der Waals surface area contributed by atoms with Crippen LogP contribution in [0.3, 0.4) is 0 Å². The number of hydrogen-bond acceptors (Lipinski definition) is 5. The minimum absolute atomic E-state index is 0.260. The van der Waals surface area contributed by atoms with Gasteiger partial charge in [-0.15, -0.1) is 0 Å². The molecule has 0 aliphatic carbocycles. The lowest BCUT2D eigenvalue weighted by atomic mass is 10.1. The van der Waals surface area contributed by atoms with E-state index >= 15 is 0 Å². The average molecular weight is 373 g/mol. The molecule has 2 N–H and O–H groups in total. The van der Waals surface area contributed by atoms with E-state index in [9.17, 15) is 4.79 Å². The number of benzene rings is 2. The summed E-state index contributed by atoms with van der Waals surface area (Å²) in [6.07, 6.45) is 1.87. The summed E-state index contributed by atoms with van der Waals surface area (Å²) in [4.78, 5) is 26.3. The summed E-state index contributed by atoms with van der Waals surface area (Å²) >= 11 is 0. The molecule has 0 radical (unpaired) electrons. The van der Waals surface area contributed by atoms with Crippen LogP contribution < -0.4 is 26.6 Å². The van der Waals surface area contributed by atoms with Gasteiger partial charge in [0.1, 0.15) is 5.48 Å². The van der Waals surface area contributed by atoms with Crippen LogP contribution in [0.5, 0.6) is 0 Å². The molecule has 0 bridgehead atoms. The van der Waals surface area contributed by atoms with Crippen molar-refractivity contribution in [3.05, 3.63) is 74.8 Å². The molecule has 0 spiro atoms. The molecule has 0 saturated carbocycles. The fraction of sp³-hybridized carbons (Fsp3) is 0.227. The third-order valence-corrected chi connectivity index (χ3v) is 4.99. The minimum atomic E-state index is -0.260. The van der Waals surface area contributed by atoms with Gasteiger partial charge < -0.3 is 15.2 Å². The number of H-pyrrole nitrogens is 1. The van der Waals surface area contributed by atoms with Gasteiger partial charge in [-0.1, -0.05) is 36.9 Å². The van der Waals surface area contributed by atoms with E-state index in [1.54, 1.807) is 0 Å². The standard InChI is InChI=1S/C22H23N5O/c1-14-12-18-19(13-17(14)23-3)27(11-7-10-16-8-5-4-6-9-16)21-20(26-18)22(28)25-15(2)24-21/h4-6,8-9,12-13,23H,2,7,10-11H2,1,3H3,(H,25,28). The van der Waals surface area contributed by atoms with E-state index in [0.717, 1.165) is 42.0 Å². The van der Waals surface area contributed by atoms with Crippen LogP contribution in [-0.4, -0.2) is 23.6 Å². The van der Waals surface area contributed by atoms with Gasteiger partial charge in [0, 0.05) is 19.3 Å². The Balaban J connectivity index is 1.77. The van der Waals surface area contributed by atoms with Crippen LogP contribution in [0.25, 0.3) is 6.58 Å². The van der Waals surface area contributed by atoms with E-state index in [2.05, 4.69) is 62.1 Å². The average Bonchev–Trinajstić information content (AvgIpc) is 2.68. The van der Waals surface area contributed by atoms with Crippen LogP contribution >= 0.6 is 0 Å². The highest BCUT2D eigenvalue weighted by molar-refractivity contribution is 5.80. The van der Waals surface area contributed by atoms with Crippen LogP contribution in [0.4, 0.5) is 22.9 Å². The maximum atomic E-state index is 12.5. The molecule has 1 aliphatic rings. The second kappa shape index (κ2) is 7.31. The van der Waals surface area contributed by atoms with Crippen molar-refractivity contribution in [3.63, 3.8) is 0 Å². The molecule has 0 saturated heterocycles. The molecule has 2 aromatic carbocycles. The highest BCUT2D eigenvalue weighted by atomic mass is 16.1. The van der Waals surface area contributed by atoms with E-state index in [4.69, 9.17) is 0 Å². The number of anilines is 3. The number of rotatable bonds is 5. The maximum absolute atomic E-state index is 12.5. The number of aryl methyl sites for hydroxylation is 2. The summed E-state index contributed by atoms with van der Waals surface area (Å²) in [7, 11) is 1.90. The van der Waals surface area contributed by atoms with Gasteiger partial charge in [0.2, 0.25) is 0 Å². The molecule has 6 nitrogen and oxygen atoms in total. The summed E-state index contributed by atoms with van der Waals surface area (Å²) in [6.45, 7) is 6.56. The summed E-state index contributed by atoms with van der Waals surface area (Å²) in [5, 5.41) is 3.57. The smallest absolute Gasteiger partial charge is 0.279 e. The topological polar surface area (TPSA) is 73.4 Å². The number of fused-ring (bicyclic) bond motifs is 2. The number of nitrogens with zero attached hydrogens (tertiary/aromatic N) is 3. The lowest BCUT2D eigenvalue weighted by Gasteiger charge is -2.29. The van der Waals surface area contributed by atoms with Crippen LogP contribution in [0.1, 0.15) is 17.5 Å². The molecule has 28 heavy (non-hydrogen) atoms. The largest absolute Gasteiger partial charge is 0.388 e. The van der Waals surface area contributed by atoms with Gasteiger partial charge in [-0.05, 0) is 43.0 Å². The molecule has 6 heteroatoms. The lowest BCUT2D eigenvalue weighted by molar-refractivity contribution is 0.784. The van der Waals surface area contributed by atoms with Crippen LogP contribution in [-0.2, 0) is 6.42 Å². The van der Waals surface area contributed by atoms with Crippen molar-refractivity contribution >= 4 is 29.5 Å². The fourth-order valence-electron chi connectivity index (χ4n) is 3.59. The number of aromatic nitrogens is 2. The molecule has 0 unspecified atom stereocenters. The molecule has 0 amide bonds. The number of aromatic amines is 1. The molecular weight excluding hydrogens is 350 g/mol. The van der Waals surface area contributed by atoms with Gasteiger partial charge in [0.15, 0.2) is 11.2 Å². The number of nitrogens with one attached hydrogen (secondary N) is 2. The zero-order valence-electron chi connectivity index (χ0n) is 16.1. The Bertz CT molecular complexity index is 1180. The SMILES string of the molecule is C=c1nc2c(c(=O)[nH]1)=Nc1cc(C)c(NC)cc1N2CCCc1ccccc1. The Morgan fingerprint density at radius 3 is 2.75 bits per heavy atom. The first kappa shape index (κ1) is 18.0. The van der Waals surface area contributed by atoms with Crippen molar-refractivity contribution < 1.29 is 0 Å². The van der Waals surface area contributed by atoms with Crippen molar-refractivity contribution in [3.8, 4) is 0 Å². The monoisotopic (exact) mass is 373 g/mol. The second-order valence-electron chi connectivity index (χ2n) is 6.94. The second-order valence-corrected chi connectivity index (χ2v) is 6.94. The van der Waals surface area contributed by atoms with Crippen molar-refractivity contribution in [1.29, 1.82) is 0 Å². The molecule has 4 rings (SSSR count). The number of hydrogen-bond donors (Lipinski definition) is 2. The van der Waals surface area contributed by atoms with Crippen molar-refractivity contribution in [1.82, 2.24) is 9.97 Å². The van der Waals surface area contributed by atoms with Gasteiger partial charge in [-0.2, -0.15) is 0 Å². The van der Waals surface area contributed by atoms with Gasteiger partial charge >= 0.3 is 0 Å². The third kappa shape index (κ3) is 3.29. The maximum Gasteiger partial charge on any atom is 0.279 e. The molecule has 142 valence electrons. The normalized spacial score (nSPS) is 12.1. The summed E-state index contributed by atoms with van der Waals surface area (Å²) in [5.41, 5.74) is 5.23. The Labute approximate surface area is 163 Å². The molecule has 0 atom stereocenters. The Morgan fingerprint density at radius 2 is 2.00 bits per heavy atom. The highest BCUT2D eigenvalue weighted by Crippen LogP contribution is 2.38. The van der Waals surface area contributed by atoms with Crippen LogP contribution in [0.15, 0.2) is 52.3 Å². The van der Waals surface area contributed by atoms with E-state index in [1.807, 2.05) is 26.1 Å². The molecular formula is C22H23N5O. The minimum Gasteiger partial charge on any atom is -0.388 e. The first-order chi connectivity index (χ1) is 13.6. The summed E-state index contributed by atoms with van der Waals surface area (Å²) < 4.78 is 0. The van der Waals surface area contributed by atoms with Gasteiger partial charge in [-0.25, -0.2) is 9.98 Å². The van der Waals surface area contributed by atoms with Crippen molar-refractivity contribution in [2.45, 2.75) is 19.8 Å². The summed E-state index contributed by atoms with van der Waals surface area (Å²) in [5.74, 6) is 0.570. The third-order valence-electron chi connectivity index (χ3n) is 4.99. The zero-order valence-corrected chi connectivity index (χ0v) is 16.1. The van der Waals surface area contributed by atoms with Crippen LogP contribution in [0.2, 0.25) is 0 Å². The molecule has 1 aromatic heterocycles. The highest BCUT2D eigenvalue weighted by Gasteiger charge is 2.23. The zero-order chi connectivity index (χ0) is 19.7. The summed E-state index contributed by atoms with van der Waals surface area (Å²) in [6, 6.07) is 14.5. The van der Waals surface area contributed by atoms with Crippen LogP contribution in [0, 0.1) is 6.92 Å². The van der Waals surface area contributed by atoms with E-state index in [-0.39, 0.29) is 5.56 Å². The quantitative estimate of drug-likeness (QED) is 0.721. The Morgan fingerprint density at radius 1 is 1.21 bits per heavy atom. The molecule has 1 aliphatic heterocycles. The first-order valence-corrected chi connectivity index (χ1v) is 9.38. The molecule has 2 heterocycles. The van der Waals surface area contributed by atoms with Gasteiger partial charge in [-0.3, -0.25) is 4.79 Å².